The first-order valence-electron chi connectivity index (χ1n) is 5.17. The van der Waals surface area contributed by atoms with Gasteiger partial charge in [-0.05, 0) is 6.92 Å². The largest absolute Gasteiger partial charge is 0.466 e. The topological polar surface area (TPSA) is 39.2 Å². The second-order valence-corrected chi connectivity index (χ2v) is 3.64. The molecule has 1 aromatic rings. The highest BCUT2D eigenvalue weighted by Crippen LogP contribution is 2.23. The summed E-state index contributed by atoms with van der Waals surface area (Å²) in [7, 11) is 0. The van der Waals surface area contributed by atoms with Crippen LogP contribution in [0.3, 0.4) is 0 Å². The fourth-order valence-corrected chi connectivity index (χ4v) is 1.64. The number of rotatable bonds is 5. The number of ether oxygens (including phenoxy) is 1. The Morgan fingerprint density at radius 2 is 2.22 bits per heavy atom. The molecule has 0 N–H and O–H groups in total. The number of nitrogens with zero attached hydrogens (tertiary/aromatic N) is 1. The lowest BCUT2D eigenvalue weighted by atomic mass is 10.1. The number of alkyl halides is 3. The van der Waals surface area contributed by atoms with Gasteiger partial charge >= 0.3 is 5.97 Å². The summed E-state index contributed by atoms with van der Waals surface area (Å²) in [6, 6.07) is 0.622. The van der Waals surface area contributed by atoms with Gasteiger partial charge in [0.25, 0.3) is 6.43 Å². The maximum Gasteiger partial charge on any atom is 0.311 e. The van der Waals surface area contributed by atoms with Crippen molar-refractivity contribution in [3.05, 3.63) is 28.8 Å². The molecule has 0 atom stereocenters. The SMILES string of the molecule is CCOC(=O)Cc1nc(C(F)F)cc(F)c1CCl. The molecule has 1 aromatic heterocycles. The Balaban J connectivity index is 3.10. The lowest BCUT2D eigenvalue weighted by Crippen LogP contribution is -2.13. The zero-order valence-corrected chi connectivity index (χ0v) is 10.3. The van der Waals surface area contributed by atoms with Gasteiger partial charge in [-0.15, -0.1) is 11.6 Å². The van der Waals surface area contributed by atoms with Gasteiger partial charge in [-0.1, -0.05) is 0 Å². The molecule has 0 bridgehead atoms. The molecule has 1 heterocycles. The first-order chi connectivity index (χ1) is 8.49. The summed E-state index contributed by atoms with van der Waals surface area (Å²) in [5, 5.41) is 0. The van der Waals surface area contributed by atoms with Gasteiger partial charge in [0.1, 0.15) is 11.5 Å². The van der Waals surface area contributed by atoms with E-state index in [1.807, 2.05) is 0 Å². The van der Waals surface area contributed by atoms with Crippen LogP contribution in [0.4, 0.5) is 13.2 Å². The van der Waals surface area contributed by atoms with Crippen LogP contribution in [0.25, 0.3) is 0 Å². The highest BCUT2D eigenvalue weighted by atomic mass is 35.5. The normalized spacial score (nSPS) is 10.8. The molecule has 100 valence electrons. The number of aromatic nitrogens is 1. The summed E-state index contributed by atoms with van der Waals surface area (Å²) >= 11 is 5.51. The maximum absolute atomic E-state index is 13.5. The monoisotopic (exact) mass is 281 g/mol. The van der Waals surface area contributed by atoms with Crippen LogP contribution in [-0.4, -0.2) is 17.6 Å². The van der Waals surface area contributed by atoms with Crippen molar-refractivity contribution in [2.24, 2.45) is 0 Å². The van der Waals surface area contributed by atoms with E-state index in [2.05, 4.69) is 9.72 Å². The van der Waals surface area contributed by atoms with Crippen LogP contribution >= 0.6 is 11.6 Å². The van der Waals surface area contributed by atoms with Crippen molar-refractivity contribution in [2.75, 3.05) is 6.61 Å². The Kier molecular flexibility index (Phi) is 5.40. The zero-order valence-electron chi connectivity index (χ0n) is 9.55. The van der Waals surface area contributed by atoms with E-state index in [9.17, 15) is 18.0 Å². The average molecular weight is 282 g/mol. The van der Waals surface area contributed by atoms with Crippen molar-refractivity contribution in [3.63, 3.8) is 0 Å². The molecule has 18 heavy (non-hydrogen) atoms. The first-order valence-corrected chi connectivity index (χ1v) is 5.71. The van der Waals surface area contributed by atoms with E-state index in [0.29, 0.717) is 6.07 Å². The van der Waals surface area contributed by atoms with Crippen molar-refractivity contribution in [1.29, 1.82) is 0 Å². The molecule has 1 rings (SSSR count). The van der Waals surface area contributed by atoms with Crippen LogP contribution in [0.1, 0.15) is 30.3 Å². The molecule has 0 spiro atoms. The molecule has 0 aliphatic carbocycles. The van der Waals surface area contributed by atoms with Crippen molar-refractivity contribution < 1.29 is 22.7 Å². The molecule has 0 aliphatic rings. The summed E-state index contributed by atoms with van der Waals surface area (Å²) in [5.41, 5.74) is -0.895. The third kappa shape index (κ3) is 3.60. The molecule has 0 aromatic carbocycles. The summed E-state index contributed by atoms with van der Waals surface area (Å²) in [5.74, 6) is -1.81. The van der Waals surface area contributed by atoms with E-state index in [4.69, 9.17) is 11.6 Å². The number of carbonyl (C=O) groups excluding carboxylic acids is 1. The second-order valence-electron chi connectivity index (χ2n) is 3.37. The van der Waals surface area contributed by atoms with Crippen molar-refractivity contribution in [2.45, 2.75) is 25.7 Å². The lowest BCUT2D eigenvalue weighted by Gasteiger charge is -2.09. The number of hydrogen-bond acceptors (Lipinski definition) is 3. The Hall–Kier alpha value is -1.30. The highest BCUT2D eigenvalue weighted by molar-refractivity contribution is 6.17. The number of esters is 1. The van der Waals surface area contributed by atoms with E-state index in [1.54, 1.807) is 6.92 Å². The van der Waals surface area contributed by atoms with Gasteiger partial charge in [0.05, 0.1) is 24.6 Å². The van der Waals surface area contributed by atoms with Gasteiger partial charge in [0.2, 0.25) is 0 Å². The predicted molar refractivity (Wildman–Crippen MR) is 59.0 cm³/mol. The quantitative estimate of drug-likeness (QED) is 0.615. The Labute approximate surface area is 107 Å². The molecule has 3 nitrogen and oxygen atoms in total. The maximum atomic E-state index is 13.5. The van der Waals surface area contributed by atoms with Crippen molar-refractivity contribution in [1.82, 2.24) is 4.98 Å². The van der Waals surface area contributed by atoms with Crippen LogP contribution < -0.4 is 0 Å². The minimum absolute atomic E-state index is 0.0610. The van der Waals surface area contributed by atoms with Crippen LogP contribution in [0.15, 0.2) is 6.07 Å². The van der Waals surface area contributed by atoms with E-state index in [-0.39, 0.29) is 30.2 Å². The molecule has 0 saturated carbocycles. The van der Waals surface area contributed by atoms with Gasteiger partial charge in [0, 0.05) is 11.6 Å². The summed E-state index contributed by atoms with van der Waals surface area (Å²) in [4.78, 5) is 14.8. The molecule has 0 aliphatic heterocycles. The van der Waals surface area contributed by atoms with Crippen LogP contribution in [0, 0.1) is 5.82 Å². The number of carbonyl (C=O) groups is 1. The fraction of sp³-hybridized carbons (Fsp3) is 0.455. The summed E-state index contributed by atoms with van der Waals surface area (Å²) in [6.07, 6.45) is -3.29. The summed E-state index contributed by atoms with van der Waals surface area (Å²) in [6.45, 7) is 1.75. The van der Waals surface area contributed by atoms with E-state index < -0.39 is 23.9 Å². The Morgan fingerprint density at radius 3 is 2.72 bits per heavy atom. The van der Waals surface area contributed by atoms with E-state index in [0.717, 1.165) is 0 Å². The second kappa shape index (κ2) is 6.58. The van der Waals surface area contributed by atoms with Crippen LogP contribution in [-0.2, 0) is 21.8 Å². The highest BCUT2D eigenvalue weighted by Gasteiger charge is 2.19. The number of pyridine rings is 1. The molecular weight excluding hydrogens is 271 g/mol. The Bertz CT molecular complexity index is 441. The van der Waals surface area contributed by atoms with Crippen LogP contribution in [0.2, 0.25) is 0 Å². The third-order valence-electron chi connectivity index (χ3n) is 2.15. The summed E-state index contributed by atoms with van der Waals surface area (Å²) < 4.78 is 43.1. The molecule has 0 fully saturated rings. The molecule has 0 amide bonds. The van der Waals surface area contributed by atoms with Crippen LogP contribution in [0.5, 0.6) is 0 Å². The standard InChI is InChI=1S/C11H11ClF3NO2/c1-2-18-10(17)4-8-6(5-12)7(13)3-9(16-8)11(14)15/h3,11H,2,4-5H2,1H3. The molecule has 0 unspecified atom stereocenters. The number of hydrogen-bond donors (Lipinski definition) is 0. The van der Waals surface area contributed by atoms with Gasteiger partial charge in [-0.2, -0.15) is 0 Å². The zero-order chi connectivity index (χ0) is 13.7. The van der Waals surface area contributed by atoms with Gasteiger partial charge < -0.3 is 4.74 Å². The van der Waals surface area contributed by atoms with Crippen molar-refractivity contribution >= 4 is 17.6 Å². The Morgan fingerprint density at radius 1 is 1.56 bits per heavy atom. The molecule has 0 saturated heterocycles. The predicted octanol–water partition coefficient (Wildman–Crippen LogP) is 3.00. The van der Waals surface area contributed by atoms with Gasteiger partial charge in [-0.25, -0.2) is 13.2 Å². The average Bonchev–Trinajstić information content (AvgIpc) is 2.28. The lowest BCUT2D eigenvalue weighted by molar-refractivity contribution is -0.142. The smallest absolute Gasteiger partial charge is 0.311 e. The first kappa shape index (κ1) is 14.8. The van der Waals surface area contributed by atoms with E-state index in [1.165, 1.54) is 0 Å². The van der Waals surface area contributed by atoms with Gasteiger partial charge in [0.15, 0.2) is 0 Å². The van der Waals surface area contributed by atoms with Gasteiger partial charge in [-0.3, -0.25) is 9.78 Å². The van der Waals surface area contributed by atoms with E-state index >= 15 is 0 Å². The minimum Gasteiger partial charge on any atom is -0.466 e. The third-order valence-corrected chi connectivity index (χ3v) is 2.42. The molecule has 7 heteroatoms. The van der Waals surface area contributed by atoms with Crippen molar-refractivity contribution in [3.8, 4) is 0 Å². The minimum atomic E-state index is -2.91. The fourth-order valence-electron chi connectivity index (χ4n) is 1.36. The molecule has 0 radical (unpaired) electrons. The molecular formula is C11H11ClF3NO2. The number of halogens is 4.